The summed E-state index contributed by atoms with van der Waals surface area (Å²) >= 11 is 12.5. The maximum atomic E-state index is 9.84. The summed E-state index contributed by atoms with van der Waals surface area (Å²) in [7, 11) is 0. The number of ether oxygens (including phenoxy) is 2. The summed E-state index contributed by atoms with van der Waals surface area (Å²) in [5, 5.41) is 22.2. The SMILES string of the molecule is CC1(C)O[C@@H]2[C@@H](CO)CC(n3nnc4c(Nc5ccccc5Cl)nc(Cl)nc43)[C@@H]2O1. The topological polar surface area (TPSA) is 107 Å². The molecule has 1 aliphatic carbocycles. The Morgan fingerprint density at radius 2 is 1.97 bits per heavy atom. The van der Waals surface area contributed by atoms with Crippen molar-refractivity contribution < 1.29 is 14.6 Å². The molecule has 30 heavy (non-hydrogen) atoms. The average molecular weight is 451 g/mol. The molecule has 1 saturated heterocycles. The molecular formula is C19H20Cl2N6O3. The Morgan fingerprint density at radius 3 is 2.73 bits per heavy atom. The first-order valence-corrected chi connectivity index (χ1v) is 10.4. The monoisotopic (exact) mass is 450 g/mol. The normalized spacial score (nSPS) is 27.5. The van der Waals surface area contributed by atoms with E-state index in [-0.39, 0.29) is 36.1 Å². The zero-order chi connectivity index (χ0) is 21.0. The van der Waals surface area contributed by atoms with Crippen molar-refractivity contribution in [3.8, 4) is 0 Å². The fourth-order valence-corrected chi connectivity index (χ4v) is 4.63. The molecule has 1 unspecified atom stereocenters. The van der Waals surface area contributed by atoms with Crippen LogP contribution in [0.4, 0.5) is 11.5 Å². The molecule has 4 atom stereocenters. The van der Waals surface area contributed by atoms with Crippen LogP contribution in [-0.4, -0.2) is 54.7 Å². The number of nitrogens with one attached hydrogen (secondary N) is 1. The van der Waals surface area contributed by atoms with Crippen molar-refractivity contribution >= 4 is 45.9 Å². The number of halogens is 2. The first kappa shape index (κ1) is 19.9. The molecule has 2 aromatic heterocycles. The second-order valence-electron chi connectivity index (χ2n) is 7.96. The molecule has 1 aliphatic heterocycles. The minimum atomic E-state index is -0.735. The summed E-state index contributed by atoms with van der Waals surface area (Å²) in [6, 6.07) is 7.09. The van der Waals surface area contributed by atoms with Crippen molar-refractivity contribution in [2.24, 2.45) is 5.92 Å². The van der Waals surface area contributed by atoms with Crippen LogP contribution in [-0.2, 0) is 9.47 Å². The van der Waals surface area contributed by atoms with Crippen LogP contribution in [0.5, 0.6) is 0 Å². The number of hydrogen-bond donors (Lipinski definition) is 2. The second kappa shape index (κ2) is 7.28. The molecule has 2 fully saturated rings. The molecule has 9 nitrogen and oxygen atoms in total. The summed E-state index contributed by atoms with van der Waals surface area (Å²) in [5.74, 6) is -0.401. The third-order valence-electron chi connectivity index (χ3n) is 5.52. The molecule has 1 saturated carbocycles. The summed E-state index contributed by atoms with van der Waals surface area (Å²) < 4.78 is 13.9. The van der Waals surface area contributed by atoms with Gasteiger partial charge in [0.1, 0.15) is 6.10 Å². The van der Waals surface area contributed by atoms with Crippen LogP contribution in [0.1, 0.15) is 26.3 Å². The molecule has 3 aromatic rings. The van der Waals surface area contributed by atoms with Gasteiger partial charge in [-0.25, -0.2) is 4.68 Å². The molecule has 1 aromatic carbocycles. The first-order valence-electron chi connectivity index (χ1n) is 9.63. The maximum Gasteiger partial charge on any atom is 0.226 e. The predicted octanol–water partition coefficient (Wildman–Crippen LogP) is 3.35. The van der Waals surface area contributed by atoms with Gasteiger partial charge in [-0.05, 0) is 44.0 Å². The maximum absolute atomic E-state index is 9.84. The molecular weight excluding hydrogens is 431 g/mol. The van der Waals surface area contributed by atoms with Gasteiger partial charge in [-0.2, -0.15) is 9.97 Å². The van der Waals surface area contributed by atoms with Crippen molar-refractivity contribution in [1.29, 1.82) is 0 Å². The number of nitrogens with zero attached hydrogens (tertiary/aromatic N) is 5. The van der Waals surface area contributed by atoms with Gasteiger partial charge in [0.05, 0.1) is 22.9 Å². The molecule has 0 amide bonds. The Morgan fingerprint density at radius 1 is 1.20 bits per heavy atom. The molecule has 0 bridgehead atoms. The van der Waals surface area contributed by atoms with E-state index in [2.05, 4.69) is 25.6 Å². The number of anilines is 2. The van der Waals surface area contributed by atoms with Gasteiger partial charge in [0.25, 0.3) is 0 Å². The van der Waals surface area contributed by atoms with Gasteiger partial charge >= 0.3 is 0 Å². The van der Waals surface area contributed by atoms with Crippen LogP contribution in [0.25, 0.3) is 11.2 Å². The van der Waals surface area contributed by atoms with E-state index in [1.54, 1.807) is 10.7 Å². The fourth-order valence-electron chi connectivity index (χ4n) is 4.28. The highest BCUT2D eigenvalue weighted by Gasteiger charge is 2.55. The number of aromatic nitrogens is 5. The third-order valence-corrected chi connectivity index (χ3v) is 6.02. The third kappa shape index (κ3) is 3.30. The van der Waals surface area contributed by atoms with E-state index in [1.807, 2.05) is 32.0 Å². The smallest absolute Gasteiger partial charge is 0.226 e. The van der Waals surface area contributed by atoms with Crippen LogP contribution in [0.2, 0.25) is 10.3 Å². The number of para-hydroxylation sites is 1. The van der Waals surface area contributed by atoms with E-state index in [4.69, 9.17) is 32.7 Å². The van der Waals surface area contributed by atoms with Crippen LogP contribution in [0.3, 0.4) is 0 Å². The zero-order valence-corrected chi connectivity index (χ0v) is 17.8. The molecule has 0 radical (unpaired) electrons. The lowest BCUT2D eigenvalue weighted by Crippen LogP contribution is -2.28. The van der Waals surface area contributed by atoms with Crippen LogP contribution < -0.4 is 5.32 Å². The molecule has 0 spiro atoms. The Hall–Kier alpha value is -2.04. The number of hydrogen-bond acceptors (Lipinski definition) is 8. The van der Waals surface area contributed by atoms with Crippen LogP contribution >= 0.6 is 23.2 Å². The van der Waals surface area contributed by atoms with Gasteiger partial charge in [0.2, 0.25) is 5.28 Å². The number of benzene rings is 1. The van der Waals surface area contributed by atoms with Gasteiger partial charge < -0.3 is 19.9 Å². The standard InChI is InChI=1S/C19H20Cl2N6O3/c1-19(2)29-14-9(8-28)7-12(15(14)30-19)27-17-13(25-26-27)16(23-18(21)24-17)22-11-6-4-3-5-10(11)20/h3-6,9,12,14-15,28H,7-8H2,1-2H3,(H,22,23,24)/t9-,12?,14-,15+/m1/s1. The lowest BCUT2D eigenvalue weighted by molar-refractivity contribution is -0.162. The molecule has 2 aliphatic rings. The number of fused-ring (bicyclic) bond motifs is 2. The van der Waals surface area contributed by atoms with E-state index in [0.717, 1.165) is 0 Å². The van der Waals surface area contributed by atoms with Gasteiger partial charge in [-0.15, -0.1) is 5.10 Å². The van der Waals surface area contributed by atoms with Crippen molar-refractivity contribution in [1.82, 2.24) is 25.0 Å². The lowest BCUT2D eigenvalue weighted by atomic mass is 10.1. The fraction of sp³-hybridized carbons (Fsp3) is 0.474. The highest BCUT2D eigenvalue weighted by atomic mass is 35.5. The van der Waals surface area contributed by atoms with Crippen molar-refractivity contribution in [2.45, 2.75) is 44.3 Å². The molecule has 11 heteroatoms. The van der Waals surface area contributed by atoms with E-state index in [0.29, 0.717) is 34.1 Å². The van der Waals surface area contributed by atoms with E-state index in [9.17, 15) is 5.11 Å². The average Bonchev–Trinajstić information content (AvgIpc) is 3.34. The lowest BCUT2D eigenvalue weighted by Gasteiger charge is -2.23. The Balaban J connectivity index is 1.55. The van der Waals surface area contributed by atoms with E-state index < -0.39 is 5.79 Å². The summed E-state index contributed by atoms with van der Waals surface area (Å²) in [6.07, 6.45) is 0.109. The van der Waals surface area contributed by atoms with Crippen molar-refractivity contribution in [2.75, 3.05) is 11.9 Å². The van der Waals surface area contributed by atoms with E-state index in [1.165, 1.54) is 0 Å². The van der Waals surface area contributed by atoms with Gasteiger partial charge in [0.15, 0.2) is 22.8 Å². The van der Waals surface area contributed by atoms with Gasteiger partial charge in [0, 0.05) is 12.5 Å². The van der Waals surface area contributed by atoms with Gasteiger partial charge in [-0.1, -0.05) is 28.9 Å². The quantitative estimate of drug-likeness (QED) is 0.582. The summed E-state index contributed by atoms with van der Waals surface area (Å²) in [4.78, 5) is 8.64. The first-order chi connectivity index (χ1) is 14.4. The Kier molecular flexibility index (Phi) is 4.83. The molecule has 2 N–H and O–H groups in total. The highest BCUT2D eigenvalue weighted by Crippen LogP contribution is 2.47. The van der Waals surface area contributed by atoms with E-state index >= 15 is 0 Å². The Bertz CT molecular complexity index is 1110. The molecule has 5 rings (SSSR count). The number of aliphatic hydroxyl groups is 1. The minimum Gasteiger partial charge on any atom is -0.396 e. The summed E-state index contributed by atoms with van der Waals surface area (Å²) in [5.41, 5.74) is 1.60. The summed E-state index contributed by atoms with van der Waals surface area (Å²) in [6.45, 7) is 3.72. The molecule has 3 heterocycles. The second-order valence-corrected chi connectivity index (χ2v) is 8.71. The largest absolute Gasteiger partial charge is 0.396 e. The molecule has 158 valence electrons. The minimum absolute atomic E-state index is 0.00120. The van der Waals surface area contributed by atoms with Crippen molar-refractivity contribution in [3.63, 3.8) is 0 Å². The highest BCUT2D eigenvalue weighted by molar-refractivity contribution is 6.33. The Labute approximate surface area is 182 Å². The zero-order valence-electron chi connectivity index (χ0n) is 16.3. The van der Waals surface area contributed by atoms with Crippen LogP contribution in [0, 0.1) is 5.92 Å². The van der Waals surface area contributed by atoms with Crippen molar-refractivity contribution in [3.05, 3.63) is 34.6 Å². The predicted molar refractivity (Wildman–Crippen MR) is 111 cm³/mol. The van der Waals surface area contributed by atoms with Gasteiger partial charge in [-0.3, -0.25) is 0 Å². The number of rotatable bonds is 4. The number of aliphatic hydroxyl groups excluding tert-OH is 1. The van der Waals surface area contributed by atoms with Crippen LogP contribution in [0.15, 0.2) is 24.3 Å².